The van der Waals surface area contributed by atoms with Gasteiger partial charge in [-0.25, -0.2) is 14.4 Å². The molecule has 3 N–H and O–H groups in total. The fraction of sp³-hybridized carbons (Fsp3) is 0.276. The van der Waals surface area contributed by atoms with E-state index in [4.69, 9.17) is 5.73 Å². The summed E-state index contributed by atoms with van der Waals surface area (Å²) in [6.07, 6.45) is -3.71. The Labute approximate surface area is 238 Å². The van der Waals surface area contributed by atoms with Gasteiger partial charge in [0.1, 0.15) is 5.82 Å². The first-order chi connectivity index (χ1) is 19.7. The number of nitrogens with one attached hydrogen (secondary N) is 1. The zero-order valence-corrected chi connectivity index (χ0v) is 22.9. The van der Waals surface area contributed by atoms with Gasteiger partial charge in [-0.05, 0) is 74.6 Å². The Bertz CT molecular complexity index is 1610. The minimum absolute atomic E-state index is 0.0933. The highest BCUT2D eigenvalue weighted by molar-refractivity contribution is 6.07. The number of carbonyl (C=O) groups excluding carboxylic acids is 1. The molecule has 1 heterocycles. The smallest absolute Gasteiger partial charge is 0.373 e. The van der Waals surface area contributed by atoms with Crippen LogP contribution in [-0.4, -0.2) is 61.2 Å². The number of fused-ring (bicyclic) bond motifs is 1. The van der Waals surface area contributed by atoms with Gasteiger partial charge in [0.2, 0.25) is 5.95 Å². The number of nitrogens with zero attached hydrogens (tertiary/aromatic N) is 4. The molecular formula is C29H28F6N6O. The molecule has 0 fully saturated rings. The highest BCUT2D eigenvalue weighted by atomic mass is 19.4. The number of halogens is 6. The zero-order valence-electron chi connectivity index (χ0n) is 22.9. The van der Waals surface area contributed by atoms with E-state index in [1.807, 2.05) is 19.0 Å². The number of benzene rings is 3. The predicted octanol–water partition coefficient (Wildman–Crippen LogP) is 6.31. The van der Waals surface area contributed by atoms with Crippen LogP contribution in [0.2, 0.25) is 0 Å². The van der Waals surface area contributed by atoms with E-state index in [0.29, 0.717) is 53.7 Å². The Morgan fingerprint density at radius 2 is 1.62 bits per heavy atom. The largest absolute Gasteiger partial charge is 0.458 e. The number of rotatable bonds is 9. The first-order valence-corrected chi connectivity index (χ1v) is 12.8. The molecule has 0 spiro atoms. The van der Waals surface area contributed by atoms with Gasteiger partial charge >= 0.3 is 12.1 Å². The quantitative estimate of drug-likeness (QED) is 0.222. The summed E-state index contributed by atoms with van der Waals surface area (Å²) >= 11 is 0. The summed E-state index contributed by atoms with van der Waals surface area (Å²) in [5.74, 6) is -7.02. The van der Waals surface area contributed by atoms with Crippen LogP contribution in [0.3, 0.4) is 0 Å². The first-order valence-electron chi connectivity index (χ1n) is 12.8. The Morgan fingerprint density at radius 1 is 0.929 bits per heavy atom. The summed E-state index contributed by atoms with van der Waals surface area (Å²) in [6, 6.07) is 11.2. The lowest BCUT2D eigenvalue weighted by atomic mass is 10.0. The van der Waals surface area contributed by atoms with Gasteiger partial charge in [-0.15, -0.1) is 0 Å². The van der Waals surface area contributed by atoms with Gasteiger partial charge in [0, 0.05) is 30.7 Å². The number of nitrogen functional groups attached to an aromatic ring is 1. The molecule has 7 nitrogen and oxygen atoms in total. The van der Waals surface area contributed by atoms with Crippen LogP contribution < -0.4 is 16.0 Å². The van der Waals surface area contributed by atoms with E-state index >= 15 is 0 Å². The Morgan fingerprint density at radius 3 is 2.31 bits per heavy atom. The number of hydrogen-bond donors (Lipinski definition) is 2. The molecule has 0 aliphatic carbocycles. The highest BCUT2D eigenvalue weighted by Crippen LogP contribution is 2.45. The third-order valence-corrected chi connectivity index (χ3v) is 6.62. The monoisotopic (exact) mass is 590 g/mol. The second-order valence-corrected chi connectivity index (χ2v) is 10.0. The molecule has 3 aromatic carbocycles. The van der Waals surface area contributed by atoms with Gasteiger partial charge in [-0.3, -0.25) is 4.79 Å². The number of anilines is 3. The SMILES string of the molecule is CN(C)CCCN(C)c1ccc(C(F)(F)C(F)(F)F)cc1NC(=O)c1cc(-c2ccc3nc(N)ncc3c2)ccc1F. The fourth-order valence-electron chi connectivity index (χ4n) is 4.37. The summed E-state index contributed by atoms with van der Waals surface area (Å²) in [6.45, 7) is 1.08. The van der Waals surface area contributed by atoms with Crippen molar-refractivity contribution in [1.29, 1.82) is 0 Å². The topological polar surface area (TPSA) is 87.4 Å². The van der Waals surface area contributed by atoms with Crippen molar-refractivity contribution in [3.63, 3.8) is 0 Å². The second kappa shape index (κ2) is 11.8. The van der Waals surface area contributed by atoms with Crippen molar-refractivity contribution in [2.75, 3.05) is 50.2 Å². The molecule has 0 atom stereocenters. The maximum absolute atomic E-state index is 14.9. The van der Waals surface area contributed by atoms with E-state index in [2.05, 4.69) is 15.3 Å². The molecule has 0 radical (unpaired) electrons. The maximum Gasteiger partial charge on any atom is 0.458 e. The van der Waals surface area contributed by atoms with Crippen molar-refractivity contribution in [2.24, 2.45) is 0 Å². The molecule has 0 saturated carbocycles. The zero-order chi connectivity index (χ0) is 30.8. The number of hydrogen-bond acceptors (Lipinski definition) is 6. The molecule has 1 amide bonds. The molecule has 0 bridgehead atoms. The van der Waals surface area contributed by atoms with E-state index in [1.165, 1.54) is 18.3 Å². The molecule has 0 unspecified atom stereocenters. The molecule has 0 saturated heterocycles. The first kappa shape index (κ1) is 30.6. The summed E-state index contributed by atoms with van der Waals surface area (Å²) in [5, 5.41) is 3.00. The Kier molecular flexibility index (Phi) is 8.62. The molecule has 13 heteroatoms. The molecule has 1 aromatic heterocycles. The third kappa shape index (κ3) is 6.56. The molecule has 42 heavy (non-hydrogen) atoms. The van der Waals surface area contributed by atoms with Crippen LogP contribution in [0.4, 0.5) is 43.7 Å². The van der Waals surface area contributed by atoms with Crippen molar-refractivity contribution >= 4 is 34.1 Å². The van der Waals surface area contributed by atoms with Gasteiger partial charge in [-0.1, -0.05) is 18.2 Å². The molecule has 4 rings (SSSR count). The van der Waals surface area contributed by atoms with Crippen molar-refractivity contribution in [3.05, 3.63) is 77.7 Å². The van der Waals surface area contributed by atoms with E-state index in [1.54, 1.807) is 30.1 Å². The number of carbonyl (C=O) groups is 1. The van der Waals surface area contributed by atoms with Crippen molar-refractivity contribution in [1.82, 2.24) is 14.9 Å². The van der Waals surface area contributed by atoms with Gasteiger partial charge < -0.3 is 20.9 Å². The van der Waals surface area contributed by atoms with Crippen LogP contribution in [0.15, 0.2) is 60.8 Å². The lowest BCUT2D eigenvalue weighted by Gasteiger charge is -2.26. The number of alkyl halides is 5. The maximum atomic E-state index is 14.9. The van der Waals surface area contributed by atoms with E-state index in [-0.39, 0.29) is 17.3 Å². The van der Waals surface area contributed by atoms with E-state index in [9.17, 15) is 31.1 Å². The van der Waals surface area contributed by atoms with Gasteiger partial charge in [0.15, 0.2) is 0 Å². The average molecular weight is 591 g/mol. The molecule has 4 aromatic rings. The summed E-state index contributed by atoms with van der Waals surface area (Å²) in [5.41, 5.74) is 5.30. The van der Waals surface area contributed by atoms with E-state index < -0.39 is 35.0 Å². The summed E-state index contributed by atoms with van der Waals surface area (Å²) in [7, 11) is 5.34. The minimum atomic E-state index is -5.86. The van der Waals surface area contributed by atoms with Gasteiger partial charge in [-0.2, -0.15) is 22.0 Å². The lowest BCUT2D eigenvalue weighted by molar-refractivity contribution is -0.289. The van der Waals surface area contributed by atoms with Crippen LogP contribution in [-0.2, 0) is 5.92 Å². The number of nitrogens with two attached hydrogens (primary N) is 1. The van der Waals surface area contributed by atoms with Crippen LogP contribution >= 0.6 is 0 Å². The molecule has 0 aliphatic rings. The van der Waals surface area contributed by atoms with Crippen molar-refractivity contribution in [3.8, 4) is 11.1 Å². The van der Waals surface area contributed by atoms with Gasteiger partial charge in [0.05, 0.1) is 22.5 Å². The predicted molar refractivity (Wildman–Crippen MR) is 150 cm³/mol. The standard InChI is InChI=1S/C29H28F6N6O/c1-40(2)11-4-12-41(3)25-10-7-20(28(31,32)29(33,34)35)15-24(25)38-26(42)21-14-18(5-8-22(21)30)17-6-9-23-19(13-17)16-37-27(36)39-23/h5-10,13-16H,4,11-12H2,1-3H3,(H,38,42)(H2,36,37,39). The Balaban J connectivity index is 1.70. The highest BCUT2D eigenvalue weighted by Gasteiger charge is 2.58. The normalized spacial score (nSPS) is 12.1. The average Bonchev–Trinajstić information content (AvgIpc) is 2.92. The lowest BCUT2D eigenvalue weighted by Crippen LogP contribution is -2.34. The van der Waals surface area contributed by atoms with E-state index in [0.717, 1.165) is 12.1 Å². The van der Waals surface area contributed by atoms with Crippen LogP contribution in [0, 0.1) is 5.82 Å². The Hall–Kier alpha value is -4.39. The summed E-state index contributed by atoms with van der Waals surface area (Å²) < 4.78 is 82.8. The number of amides is 1. The van der Waals surface area contributed by atoms with Crippen LogP contribution in [0.25, 0.3) is 22.0 Å². The fourth-order valence-corrected chi connectivity index (χ4v) is 4.37. The molecule has 0 aliphatic heterocycles. The van der Waals surface area contributed by atoms with Crippen LogP contribution in [0.5, 0.6) is 0 Å². The third-order valence-electron chi connectivity index (χ3n) is 6.62. The van der Waals surface area contributed by atoms with Crippen molar-refractivity contribution < 1.29 is 31.1 Å². The van der Waals surface area contributed by atoms with Crippen molar-refractivity contribution in [2.45, 2.75) is 18.5 Å². The van der Waals surface area contributed by atoms with Crippen LogP contribution in [0.1, 0.15) is 22.3 Å². The minimum Gasteiger partial charge on any atom is -0.373 e. The second-order valence-electron chi connectivity index (χ2n) is 10.0. The molecular weight excluding hydrogens is 562 g/mol. The number of aromatic nitrogens is 2. The summed E-state index contributed by atoms with van der Waals surface area (Å²) in [4.78, 5) is 24.9. The molecule has 222 valence electrons. The van der Waals surface area contributed by atoms with Gasteiger partial charge in [0.25, 0.3) is 5.91 Å².